The Morgan fingerprint density at radius 3 is 1.22 bits per heavy atom. The van der Waals surface area contributed by atoms with Crippen LogP contribution < -0.4 is 53.9 Å². The van der Waals surface area contributed by atoms with Gasteiger partial charge >= 0.3 is 6.09 Å². The quantitative estimate of drug-likeness (QED) is 0.0352. The Morgan fingerprint density at radius 1 is 0.474 bits per heavy atom. The van der Waals surface area contributed by atoms with Crippen LogP contribution in [-0.2, 0) is 72.0 Å². The minimum atomic E-state index is -0.798. The second-order valence-electron chi connectivity index (χ2n) is 29.8. The molecular formula is C88H90N18O10. The number of fused-ring (bicyclic) bond motifs is 6. The van der Waals surface area contributed by atoms with E-state index < -0.39 is 34.7 Å². The average Bonchev–Trinajstić information content (AvgIpc) is 1.15. The fourth-order valence-corrected chi connectivity index (χ4v) is 15.8. The monoisotopic (exact) mass is 1560 g/mol. The largest absolute Gasteiger partial charge is 0.447 e. The fourth-order valence-electron chi connectivity index (χ4n) is 15.8. The maximum Gasteiger partial charge on any atom is 0.407 e. The number of pyridine rings is 3. The van der Waals surface area contributed by atoms with E-state index in [0.29, 0.717) is 65.1 Å². The summed E-state index contributed by atoms with van der Waals surface area (Å²) in [5.74, 6) is -0.571. The Labute approximate surface area is 667 Å². The lowest BCUT2D eigenvalue weighted by atomic mass is 10.1. The van der Waals surface area contributed by atoms with Crippen LogP contribution in [-0.4, -0.2) is 169 Å². The van der Waals surface area contributed by atoms with Gasteiger partial charge in [-0.25, -0.2) is 19.7 Å². The van der Waals surface area contributed by atoms with E-state index in [1.54, 1.807) is 17.0 Å². The van der Waals surface area contributed by atoms with Crippen LogP contribution in [0.1, 0.15) is 107 Å². The zero-order valence-corrected chi connectivity index (χ0v) is 64.7. The van der Waals surface area contributed by atoms with Gasteiger partial charge in [-0.2, -0.15) is 15.0 Å². The highest BCUT2D eigenvalue weighted by Gasteiger charge is 2.26. The molecule has 3 saturated heterocycles. The molecule has 6 aromatic carbocycles. The molecule has 3 fully saturated rings. The molecular weight excluding hydrogens is 1470 g/mol. The molecule has 0 radical (unpaired) electrons. The van der Waals surface area contributed by atoms with E-state index in [0.717, 1.165) is 176 Å². The Hall–Kier alpha value is -12.9. The van der Waals surface area contributed by atoms with Crippen LogP contribution in [0.15, 0.2) is 179 Å². The number of carbonyl (C=O) groups is 4. The number of primary amides is 1. The van der Waals surface area contributed by atoms with Gasteiger partial charge < -0.3 is 65.5 Å². The third-order valence-electron chi connectivity index (χ3n) is 22.1. The van der Waals surface area contributed by atoms with Gasteiger partial charge in [0, 0.05) is 124 Å². The number of nitrogens with one attached hydrogen (secondary N) is 6. The summed E-state index contributed by atoms with van der Waals surface area (Å²) in [6.45, 7) is 11.8. The summed E-state index contributed by atoms with van der Waals surface area (Å²) >= 11 is 0. The van der Waals surface area contributed by atoms with Gasteiger partial charge in [-0.1, -0.05) is 54.6 Å². The normalized spacial score (nSPS) is 15.6. The van der Waals surface area contributed by atoms with E-state index in [9.17, 15) is 33.6 Å². The number of alkyl carbamates (subject to hydrolysis) is 1. The summed E-state index contributed by atoms with van der Waals surface area (Å²) in [5.41, 5.74) is 22.0. The van der Waals surface area contributed by atoms with Crippen molar-refractivity contribution in [3.63, 3.8) is 0 Å². The number of ether oxygens (including phenoxy) is 3. The van der Waals surface area contributed by atoms with E-state index in [2.05, 4.69) is 122 Å². The lowest BCUT2D eigenvalue weighted by Crippen LogP contribution is -2.37. The van der Waals surface area contributed by atoms with Crippen molar-refractivity contribution in [2.24, 2.45) is 5.73 Å². The van der Waals surface area contributed by atoms with Crippen molar-refractivity contribution in [1.82, 2.24) is 69.4 Å². The first kappa shape index (κ1) is 77.1. The summed E-state index contributed by atoms with van der Waals surface area (Å²) in [6.07, 6.45) is 20.9. The number of aromatic nitrogens is 9. The van der Waals surface area contributed by atoms with Gasteiger partial charge in [-0.05, 0) is 207 Å². The van der Waals surface area contributed by atoms with Crippen LogP contribution in [0.4, 0.5) is 39.7 Å². The highest BCUT2D eigenvalue weighted by atomic mass is 16.6. The summed E-state index contributed by atoms with van der Waals surface area (Å²) in [6, 6.07) is 42.9. The summed E-state index contributed by atoms with van der Waals surface area (Å²) in [4.78, 5) is 120. The Balaban J connectivity index is 0.000000131. The van der Waals surface area contributed by atoms with Crippen LogP contribution in [0.3, 0.4) is 0 Å². The molecule has 1 atom stereocenters. The molecule has 0 unspecified atom stereocenters. The molecule has 3 aliphatic carbocycles. The number of anilines is 6. The number of cyclic esters (lactones) is 1. The van der Waals surface area contributed by atoms with E-state index in [4.69, 9.17) is 29.9 Å². The lowest BCUT2D eigenvalue weighted by molar-refractivity contribution is 0.0384. The van der Waals surface area contributed by atoms with E-state index >= 15 is 0 Å². The number of amides is 4. The van der Waals surface area contributed by atoms with Crippen LogP contribution in [0.25, 0.3) is 50.2 Å². The highest BCUT2D eigenvalue weighted by molar-refractivity contribution is 5.99. The molecule has 28 heteroatoms. The number of benzene rings is 6. The van der Waals surface area contributed by atoms with Crippen molar-refractivity contribution >= 4 is 91.8 Å². The summed E-state index contributed by atoms with van der Waals surface area (Å²) in [5, 5.41) is 18.6. The second-order valence-corrected chi connectivity index (χ2v) is 29.8. The number of carbonyl (C=O) groups excluding carboxylic acids is 4. The van der Waals surface area contributed by atoms with Crippen LogP contribution in [0.2, 0.25) is 0 Å². The van der Waals surface area contributed by atoms with Crippen molar-refractivity contribution in [2.75, 3.05) is 102 Å². The first-order chi connectivity index (χ1) is 56.6. The molecule has 28 nitrogen and oxygen atoms in total. The van der Waals surface area contributed by atoms with Gasteiger partial charge in [0.15, 0.2) is 16.9 Å². The van der Waals surface area contributed by atoms with Crippen LogP contribution in [0, 0.1) is 0 Å². The standard InChI is InChI=1S/C31H34N6O3.C30H32N6O3.C27H24N6O4/c1-2-32-30(39)27-20-37(25-11-8-22-4-3-5-23(22)18-25)29-26(28(27)38)19-33-31(35-29)34-24-9-6-21(7-10-24)12-13-36-14-16-40-17-15-36;1-31-29(38)26-19-36(24-10-7-21-3-2-4-22(21)17-24)28-25(27(26)37)18-32-30(34-28)33-23-8-5-20(6-9-23)11-12-35-13-15-39-16-14-35;28-24(35)22-13-33(20-9-6-16-2-1-3-17(16)11-20)25-21(23(22)34)12-29-26(32-25)30-18-7-4-15(5-8-18)10-19-14-37-27(36)31-19/h6-11,18-20H,2-5,12-17H2,1H3,(H,32,39)(H,33,34,35);5-10,17-19H,2-4,11-16H2,1H3,(H,31,38)(H,32,33,34);4-9,11-13,19H,1-3,10,14H2,(H2,28,35)(H,31,36)(H,29,30,32)/t;;19-/m..0/s1. The van der Waals surface area contributed by atoms with Crippen molar-refractivity contribution in [2.45, 2.75) is 90.0 Å². The van der Waals surface area contributed by atoms with E-state index in [1.165, 1.54) is 76.3 Å². The van der Waals surface area contributed by atoms with Gasteiger partial charge in [0.25, 0.3) is 17.7 Å². The second kappa shape index (κ2) is 34.8. The first-order valence-corrected chi connectivity index (χ1v) is 39.7. The predicted octanol–water partition coefficient (Wildman–Crippen LogP) is 9.65. The Bertz CT molecular complexity index is 5920. The average molecular weight is 1560 g/mol. The molecule has 6 aromatic heterocycles. The summed E-state index contributed by atoms with van der Waals surface area (Å²) in [7, 11) is 1.52. The molecule has 6 aliphatic rings. The number of morpholine rings is 2. The van der Waals surface area contributed by atoms with Gasteiger partial charge in [0.2, 0.25) is 34.1 Å². The number of aryl methyl sites for hydroxylation is 6. The van der Waals surface area contributed by atoms with Crippen molar-refractivity contribution in [3.8, 4) is 17.1 Å². The molecule has 9 heterocycles. The topological polar surface area (TPSA) is 344 Å². The smallest absolute Gasteiger partial charge is 0.407 e. The fraction of sp³-hybridized carbons (Fsp3) is 0.307. The zero-order valence-electron chi connectivity index (χ0n) is 64.7. The maximum absolute atomic E-state index is 13.3. The molecule has 0 bridgehead atoms. The third-order valence-corrected chi connectivity index (χ3v) is 22.1. The molecule has 8 N–H and O–H groups in total. The van der Waals surface area contributed by atoms with Crippen molar-refractivity contribution in [1.29, 1.82) is 0 Å². The van der Waals surface area contributed by atoms with Gasteiger partial charge in [0.05, 0.1) is 48.6 Å². The predicted molar refractivity (Wildman–Crippen MR) is 444 cm³/mol. The number of hydrogen-bond donors (Lipinski definition) is 7. The molecule has 18 rings (SSSR count). The highest BCUT2D eigenvalue weighted by Crippen LogP contribution is 2.31. The van der Waals surface area contributed by atoms with Crippen LogP contribution in [0.5, 0.6) is 0 Å². The molecule has 4 amide bonds. The maximum atomic E-state index is 13.3. The zero-order chi connectivity index (χ0) is 79.8. The van der Waals surface area contributed by atoms with Gasteiger partial charge in [0.1, 0.15) is 23.3 Å². The van der Waals surface area contributed by atoms with Crippen molar-refractivity contribution in [3.05, 3.63) is 262 Å². The van der Waals surface area contributed by atoms with E-state index in [-0.39, 0.29) is 33.5 Å². The molecule has 12 aromatic rings. The molecule has 0 spiro atoms. The van der Waals surface area contributed by atoms with Gasteiger partial charge in [-0.3, -0.25) is 38.6 Å². The molecule has 116 heavy (non-hydrogen) atoms. The number of rotatable bonds is 21. The number of hydrogen-bond acceptors (Lipinski definition) is 21. The Morgan fingerprint density at radius 2 is 0.845 bits per heavy atom. The van der Waals surface area contributed by atoms with E-state index in [1.807, 2.05) is 82.8 Å². The van der Waals surface area contributed by atoms with Crippen molar-refractivity contribution < 1.29 is 33.4 Å². The number of nitrogens with zero attached hydrogens (tertiary/aromatic N) is 11. The van der Waals surface area contributed by atoms with Crippen LogP contribution >= 0.6 is 0 Å². The SMILES string of the molecule is CCNC(=O)c1cn(-c2ccc3c(c2)CCC3)c2nc(Nc3ccc(CCN4CCOCC4)cc3)ncc2c1=O.CNC(=O)c1cn(-c2ccc3c(c2)CCC3)c2nc(Nc3ccc(CCN4CCOCC4)cc3)ncc2c1=O.NC(=O)c1cn(-c2ccc3c(c2)CCC3)c2nc(Nc3ccc(C[C@H]4COC(=O)N4)cc3)ncc2c1=O. The minimum Gasteiger partial charge on any atom is -0.447 e. The third kappa shape index (κ3) is 17.4. The summed E-state index contributed by atoms with van der Waals surface area (Å²) < 4.78 is 21.2. The molecule has 0 saturated carbocycles. The molecule has 592 valence electrons. The Kier molecular flexibility index (Phi) is 23.1. The van der Waals surface area contributed by atoms with Gasteiger partial charge in [-0.15, -0.1) is 0 Å². The molecule has 3 aliphatic heterocycles. The first-order valence-electron chi connectivity index (χ1n) is 39.7. The lowest BCUT2D eigenvalue weighted by Gasteiger charge is -2.26. The number of nitrogens with two attached hydrogens (primary N) is 1. The minimum absolute atomic E-state index is 0.0450.